The predicted octanol–water partition coefficient (Wildman–Crippen LogP) is -0.916. The molecule has 122 valence electrons. The highest BCUT2D eigenvalue weighted by molar-refractivity contribution is 5.35. The van der Waals surface area contributed by atoms with Crippen molar-refractivity contribution in [3.63, 3.8) is 0 Å². The molecule has 0 spiro atoms. The zero-order chi connectivity index (χ0) is 16.3. The van der Waals surface area contributed by atoms with E-state index in [-0.39, 0.29) is 5.69 Å². The zero-order valence-corrected chi connectivity index (χ0v) is 11.5. The molecule has 5 atom stereocenters. The summed E-state index contributed by atoms with van der Waals surface area (Å²) in [7, 11) is 0. The second-order valence-corrected chi connectivity index (χ2v) is 4.88. The largest absolute Gasteiger partial charge is 0.394 e. The smallest absolute Gasteiger partial charge is 0.269 e. The van der Waals surface area contributed by atoms with E-state index in [1.165, 1.54) is 18.2 Å². The Bertz CT molecular complexity index is 525. The molecule has 0 aromatic heterocycles. The lowest BCUT2D eigenvalue weighted by atomic mass is 10.0. The molecule has 4 N–H and O–H groups in total. The van der Waals surface area contributed by atoms with Crippen molar-refractivity contribution in [3.8, 4) is 0 Å². The van der Waals surface area contributed by atoms with Crippen LogP contribution in [0.25, 0.3) is 0 Å². The van der Waals surface area contributed by atoms with Crippen molar-refractivity contribution in [2.24, 2.45) is 0 Å². The van der Waals surface area contributed by atoms with E-state index < -0.39 is 48.8 Å². The van der Waals surface area contributed by atoms with Crippen molar-refractivity contribution in [1.29, 1.82) is 0 Å². The van der Waals surface area contributed by atoms with Gasteiger partial charge in [-0.2, -0.15) is 0 Å². The van der Waals surface area contributed by atoms with Crippen LogP contribution in [0.4, 0.5) is 5.69 Å². The van der Waals surface area contributed by atoms with Gasteiger partial charge in [0.2, 0.25) is 0 Å². The van der Waals surface area contributed by atoms with Gasteiger partial charge in [-0.05, 0) is 0 Å². The fourth-order valence-corrected chi connectivity index (χ4v) is 2.22. The third-order valence-electron chi connectivity index (χ3n) is 3.40. The minimum atomic E-state index is -1.47. The molecular weight excluding hydrogens is 298 g/mol. The van der Waals surface area contributed by atoms with Crippen LogP contribution in [-0.2, 0) is 9.47 Å². The molecule has 1 fully saturated rings. The summed E-state index contributed by atoms with van der Waals surface area (Å²) < 4.78 is 10.9. The van der Waals surface area contributed by atoms with Crippen molar-refractivity contribution >= 4 is 5.69 Å². The summed E-state index contributed by atoms with van der Waals surface area (Å²) in [6.45, 7) is -1.16. The number of rotatable bonds is 6. The lowest BCUT2D eigenvalue weighted by Gasteiger charge is -2.23. The van der Waals surface area contributed by atoms with Gasteiger partial charge in [0.05, 0.1) is 18.1 Å². The Kier molecular flexibility index (Phi) is 5.40. The first-order valence-electron chi connectivity index (χ1n) is 6.61. The zero-order valence-electron chi connectivity index (χ0n) is 11.5. The van der Waals surface area contributed by atoms with Gasteiger partial charge in [0.1, 0.15) is 24.4 Å². The van der Waals surface area contributed by atoms with Crippen LogP contribution < -0.4 is 0 Å². The Hall–Kier alpha value is -1.62. The Morgan fingerprint density at radius 1 is 1.27 bits per heavy atom. The van der Waals surface area contributed by atoms with Crippen molar-refractivity contribution in [2.45, 2.75) is 30.7 Å². The van der Waals surface area contributed by atoms with Gasteiger partial charge in [-0.1, -0.05) is 12.1 Å². The molecule has 1 saturated heterocycles. The third-order valence-corrected chi connectivity index (χ3v) is 3.40. The molecule has 9 nitrogen and oxygen atoms in total. The number of aliphatic hydroxyl groups is 4. The highest BCUT2D eigenvalue weighted by atomic mass is 16.7. The molecule has 0 radical (unpaired) electrons. The fraction of sp³-hybridized carbons (Fsp3) is 0.538. The molecule has 1 aliphatic rings. The second-order valence-electron chi connectivity index (χ2n) is 4.88. The molecular formula is C13H17NO8. The predicted molar refractivity (Wildman–Crippen MR) is 71.8 cm³/mol. The van der Waals surface area contributed by atoms with E-state index in [9.17, 15) is 25.4 Å². The quantitative estimate of drug-likeness (QED) is 0.390. The number of hydrogen-bond acceptors (Lipinski definition) is 8. The van der Waals surface area contributed by atoms with Crippen LogP contribution in [0.5, 0.6) is 0 Å². The monoisotopic (exact) mass is 315 g/mol. The van der Waals surface area contributed by atoms with Gasteiger partial charge < -0.3 is 29.9 Å². The topological polar surface area (TPSA) is 143 Å². The van der Waals surface area contributed by atoms with E-state index in [1.54, 1.807) is 6.07 Å². The number of ether oxygens (including phenoxy) is 2. The Balaban J connectivity index is 2.18. The molecule has 1 aromatic rings. The number of benzene rings is 1. The molecule has 0 amide bonds. The number of hydrogen-bond donors (Lipinski definition) is 4. The summed E-state index contributed by atoms with van der Waals surface area (Å²) >= 11 is 0. The molecule has 1 heterocycles. The van der Waals surface area contributed by atoms with Gasteiger partial charge >= 0.3 is 0 Å². The second kappa shape index (κ2) is 7.09. The van der Waals surface area contributed by atoms with Gasteiger partial charge in [-0.3, -0.25) is 10.1 Å². The van der Waals surface area contributed by atoms with Crippen LogP contribution in [0, 0.1) is 10.1 Å². The van der Waals surface area contributed by atoms with Crippen molar-refractivity contribution < 1.29 is 34.8 Å². The molecule has 0 saturated carbocycles. The Morgan fingerprint density at radius 3 is 2.59 bits per heavy atom. The van der Waals surface area contributed by atoms with E-state index in [1.807, 2.05) is 0 Å². The summed E-state index contributed by atoms with van der Waals surface area (Å²) in [6, 6.07) is 5.57. The van der Waals surface area contributed by atoms with Crippen LogP contribution in [0.3, 0.4) is 0 Å². The summed E-state index contributed by atoms with van der Waals surface area (Å²) in [5.74, 6) is 0. The van der Waals surface area contributed by atoms with Crippen LogP contribution in [-0.4, -0.2) is 63.0 Å². The number of nitro groups is 1. The molecule has 0 aliphatic carbocycles. The molecule has 1 unspecified atom stereocenters. The summed E-state index contributed by atoms with van der Waals surface area (Å²) in [5, 5.41) is 48.3. The molecule has 2 rings (SSSR count). The molecule has 1 aromatic carbocycles. The highest BCUT2D eigenvalue weighted by Gasteiger charge is 2.43. The van der Waals surface area contributed by atoms with Crippen molar-refractivity contribution in [1.82, 2.24) is 0 Å². The average Bonchev–Trinajstić information content (AvgIpc) is 2.97. The van der Waals surface area contributed by atoms with Crippen LogP contribution >= 0.6 is 0 Å². The minimum absolute atomic E-state index is 0.148. The number of non-ortho nitro benzene ring substituents is 1. The van der Waals surface area contributed by atoms with Crippen molar-refractivity contribution in [3.05, 3.63) is 39.9 Å². The van der Waals surface area contributed by atoms with Gasteiger partial charge in [0.15, 0.2) is 6.29 Å². The van der Waals surface area contributed by atoms with Crippen LogP contribution in [0.2, 0.25) is 0 Å². The maximum absolute atomic E-state index is 10.8. The maximum Gasteiger partial charge on any atom is 0.269 e. The van der Waals surface area contributed by atoms with Gasteiger partial charge in [0.25, 0.3) is 5.69 Å². The minimum Gasteiger partial charge on any atom is -0.394 e. The maximum atomic E-state index is 10.8. The number of nitro benzene ring substituents is 1. The normalized spacial score (nSPS) is 27.5. The fourth-order valence-electron chi connectivity index (χ4n) is 2.22. The highest BCUT2D eigenvalue weighted by Crippen LogP contribution is 2.34. The standard InChI is InChI=1S/C13H17NO8/c15-5-9(17)11(18)12-10(6-16)21-13(22-12)7-2-1-3-8(4-7)14(19)20/h1-4,9-13,15-18H,5-6H2/t9-,10+,11-,12-,13?/m1/s1. The number of nitrogens with zero attached hydrogens (tertiary/aromatic N) is 1. The van der Waals surface area contributed by atoms with Crippen LogP contribution in [0.15, 0.2) is 24.3 Å². The SMILES string of the molecule is O=[N+]([O-])c1cccc(C2O[C@@H]([C@H](O)[C@H](O)CO)[C@H](CO)O2)c1. The first-order chi connectivity index (χ1) is 10.5. The Labute approximate surface area is 125 Å². The molecule has 9 heteroatoms. The van der Waals surface area contributed by atoms with E-state index in [2.05, 4.69) is 0 Å². The number of aliphatic hydroxyl groups excluding tert-OH is 4. The van der Waals surface area contributed by atoms with Crippen LogP contribution in [0.1, 0.15) is 11.9 Å². The van der Waals surface area contributed by atoms with Gasteiger partial charge in [0, 0.05) is 17.7 Å². The lowest BCUT2D eigenvalue weighted by molar-refractivity contribution is -0.385. The van der Waals surface area contributed by atoms with Gasteiger partial charge in [-0.25, -0.2) is 0 Å². The third kappa shape index (κ3) is 3.40. The summed E-state index contributed by atoms with van der Waals surface area (Å²) in [5.41, 5.74) is 0.200. The first-order valence-corrected chi connectivity index (χ1v) is 6.61. The molecule has 22 heavy (non-hydrogen) atoms. The lowest BCUT2D eigenvalue weighted by Crippen LogP contribution is -2.45. The van der Waals surface area contributed by atoms with Gasteiger partial charge in [-0.15, -0.1) is 0 Å². The summed E-state index contributed by atoms with van der Waals surface area (Å²) in [4.78, 5) is 10.2. The van der Waals surface area contributed by atoms with E-state index in [0.717, 1.165) is 0 Å². The Morgan fingerprint density at radius 2 is 2.00 bits per heavy atom. The first kappa shape index (κ1) is 16.7. The van der Waals surface area contributed by atoms with E-state index in [4.69, 9.17) is 14.6 Å². The van der Waals surface area contributed by atoms with E-state index in [0.29, 0.717) is 5.56 Å². The van der Waals surface area contributed by atoms with E-state index >= 15 is 0 Å². The van der Waals surface area contributed by atoms with Crippen molar-refractivity contribution in [2.75, 3.05) is 13.2 Å². The molecule has 1 aliphatic heterocycles. The molecule has 0 bridgehead atoms. The average molecular weight is 315 g/mol. The summed E-state index contributed by atoms with van der Waals surface area (Å²) in [6.07, 6.45) is -5.95.